The van der Waals surface area contributed by atoms with Gasteiger partial charge in [-0.1, -0.05) is 13.8 Å². The van der Waals surface area contributed by atoms with Crippen molar-refractivity contribution < 1.29 is 19.4 Å². The summed E-state index contributed by atoms with van der Waals surface area (Å²) < 4.78 is 5.98. The van der Waals surface area contributed by atoms with E-state index in [4.69, 9.17) is 4.74 Å². The quantitative estimate of drug-likeness (QED) is 0.546. The fourth-order valence-electron chi connectivity index (χ4n) is 3.15. The van der Waals surface area contributed by atoms with Crippen molar-refractivity contribution in [3.05, 3.63) is 16.6 Å². The van der Waals surface area contributed by atoms with Gasteiger partial charge < -0.3 is 15.2 Å². The molecule has 1 heterocycles. The Balaban J connectivity index is 2.50. The molecule has 0 aliphatic carbocycles. The number of hydrogen-bond donors (Lipinski definition) is 3. The summed E-state index contributed by atoms with van der Waals surface area (Å²) in [6, 6.07) is 2.44. The number of carbonyl (C=O) groups is 2. The van der Waals surface area contributed by atoms with Gasteiger partial charge in [0.2, 0.25) is 11.7 Å². The first-order chi connectivity index (χ1) is 14.0. The fourth-order valence-corrected chi connectivity index (χ4v) is 3.66. The van der Waals surface area contributed by atoms with Crippen LogP contribution in [0.15, 0.2) is 16.6 Å². The van der Waals surface area contributed by atoms with Gasteiger partial charge in [-0.25, -0.2) is 4.79 Å². The third kappa shape index (κ3) is 5.47. The van der Waals surface area contributed by atoms with Gasteiger partial charge in [0.05, 0.1) is 17.3 Å². The molecular weight excluding hydrogens is 456 g/mol. The molecule has 1 aromatic carbocycles. The molecule has 0 saturated carbocycles. The van der Waals surface area contributed by atoms with Gasteiger partial charge in [0.15, 0.2) is 0 Å². The highest BCUT2D eigenvalue weighted by molar-refractivity contribution is 9.10. The van der Waals surface area contributed by atoms with Crippen LogP contribution in [0.1, 0.15) is 41.0 Å². The number of rotatable bonds is 7. The molecular formula is C19H27BrN6O4. The van der Waals surface area contributed by atoms with E-state index in [1.165, 1.54) is 12.0 Å². The van der Waals surface area contributed by atoms with Gasteiger partial charge in [-0.2, -0.15) is 5.21 Å². The molecule has 2 amide bonds. The van der Waals surface area contributed by atoms with Crippen LogP contribution in [-0.4, -0.2) is 61.3 Å². The molecule has 30 heavy (non-hydrogen) atoms. The predicted octanol–water partition coefficient (Wildman–Crippen LogP) is 3.77. The maximum atomic E-state index is 13.3. The number of H-pyrrole nitrogens is 1. The number of aromatic amines is 1. The third-order valence-corrected chi connectivity index (χ3v) is 4.99. The summed E-state index contributed by atoms with van der Waals surface area (Å²) in [6.45, 7) is 9.16. The number of ether oxygens (including phenoxy) is 1. The number of hydrogen-bond acceptors (Lipinski definition) is 6. The summed E-state index contributed by atoms with van der Waals surface area (Å²) in [5.74, 6) is 0.417. The van der Waals surface area contributed by atoms with E-state index in [0.29, 0.717) is 27.9 Å². The molecule has 0 saturated heterocycles. The lowest BCUT2D eigenvalue weighted by Gasteiger charge is -2.39. The van der Waals surface area contributed by atoms with Crippen molar-refractivity contribution in [3.63, 3.8) is 0 Å². The van der Waals surface area contributed by atoms with Gasteiger partial charge in [-0.3, -0.25) is 9.69 Å². The predicted molar refractivity (Wildman–Crippen MR) is 115 cm³/mol. The van der Waals surface area contributed by atoms with Gasteiger partial charge in [-0.05, 0) is 60.3 Å². The molecule has 1 unspecified atom stereocenters. The van der Waals surface area contributed by atoms with Crippen LogP contribution < -0.4 is 10.1 Å². The molecule has 0 spiro atoms. The van der Waals surface area contributed by atoms with Gasteiger partial charge in [0.1, 0.15) is 11.8 Å². The second-order valence-electron chi connectivity index (χ2n) is 8.23. The first kappa shape index (κ1) is 23.6. The first-order valence-electron chi connectivity index (χ1n) is 9.40. The standard InChI is InChI=1S/C19H27BrN6O4/c1-10(2)7-14(26(18(28)29)19(3,4)5)17(27)21-13-9-15(30-6)12(20)8-11(13)16-22-24-25-23-16/h8-10,14H,7H2,1-6H3,(H,21,27)(H,28,29)(H,22,23,24,25). The highest BCUT2D eigenvalue weighted by atomic mass is 79.9. The highest BCUT2D eigenvalue weighted by Gasteiger charge is 2.38. The van der Waals surface area contributed by atoms with E-state index in [1.807, 2.05) is 13.8 Å². The Morgan fingerprint density at radius 2 is 2.00 bits per heavy atom. The van der Waals surface area contributed by atoms with Crippen LogP contribution in [0.4, 0.5) is 10.5 Å². The minimum absolute atomic E-state index is 0.0982. The first-order valence-corrected chi connectivity index (χ1v) is 10.2. The van der Waals surface area contributed by atoms with E-state index in [2.05, 4.69) is 41.9 Å². The Hall–Kier alpha value is -2.69. The number of aromatic nitrogens is 4. The minimum atomic E-state index is -1.16. The van der Waals surface area contributed by atoms with Crippen LogP contribution in [-0.2, 0) is 4.79 Å². The smallest absolute Gasteiger partial charge is 0.408 e. The Morgan fingerprint density at radius 1 is 1.33 bits per heavy atom. The van der Waals surface area contributed by atoms with E-state index >= 15 is 0 Å². The number of benzene rings is 1. The second kappa shape index (κ2) is 9.41. The lowest BCUT2D eigenvalue weighted by atomic mass is 9.96. The zero-order chi connectivity index (χ0) is 22.6. The topological polar surface area (TPSA) is 133 Å². The summed E-state index contributed by atoms with van der Waals surface area (Å²) >= 11 is 3.41. The molecule has 1 aromatic heterocycles. The zero-order valence-corrected chi connectivity index (χ0v) is 19.4. The van der Waals surface area contributed by atoms with Crippen molar-refractivity contribution in [1.29, 1.82) is 0 Å². The molecule has 3 N–H and O–H groups in total. The number of nitrogens with zero attached hydrogens (tertiary/aromatic N) is 4. The van der Waals surface area contributed by atoms with Crippen LogP contribution in [0.25, 0.3) is 11.4 Å². The molecule has 0 fully saturated rings. The maximum Gasteiger partial charge on any atom is 0.408 e. The summed E-state index contributed by atoms with van der Waals surface area (Å²) in [4.78, 5) is 26.5. The van der Waals surface area contributed by atoms with E-state index < -0.39 is 23.6 Å². The second-order valence-corrected chi connectivity index (χ2v) is 9.08. The molecule has 11 heteroatoms. The molecule has 2 rings (SSSR count). The Labute approximate surface area is 183 Å². The molecule has 2 aromatic rings. The number of carboxylic acid groups (broad SMARTS) is 1. The monoisotopic (exact) mass is 482 g/mol. The van der Waals surface area contributed by atoms with Crippen LogP contribution in [0, 0.1) is 5.92 Å². The Kier molecular flexibility index (Phi) is 7.40. The van der Waals surface area contributed by atoms with Crippen molar-refractivity contribution >= 4 is 33.6 Å². The number of tetrazole rings is 1. The van der Waals surface area contributed by atoms with Crippen molar-refractivity contribution in [1.82, 2.24) is 25.5 Å². The van der Waals surface area contributed by atoms with Gasteiger partial charge in [0, 0.05) is 17.2 Å². The van der Waals surface area contributed by atoms with Gasteiger partial charge in [0.25, 0.3) is 0 Å². The van der Waals surface area contributed by atoms with E-state index in [9.17, 15) is 14.7 Å². The molecule has 10 nitrogen and oxygen atoms in total. The summed E-state index contributed by atoms with van der Waals surface area (Å²) in [7, 11) is 1.51. The van der Waals surface area contributed by atoms with Crippen LogP contribution >= 0.6 is 15.9 Å². The van der Waals surface area contributed by atoms with Crippen molar-refractivity contribution in [2.24, 2.45) is 5.92 Å². The van der Waals surface area contributed by atoms with Crippen molar-refractivity contribution in [2.75, 3.05) is 12.4 Å². The normalized spacial score (nSPS) is 12.5. The largest absolute Gasteiger partial charge is 0.495 e. The number of methoxy groups -OCH3 is 1. The van der Waals surface area contributed by atoms with Crippen molar-refractivity contribution in [2.45, 2.75) is 52.6 Å². The summed E-state index contributed by atoms with van der Waals surface area (Å²) in [5, 5.41) is 26.6. The molecule has 0 aliphatic rings. The van der Waals surface area contributed by atoms with Gasteiger partial charge >= 0.3 is 6.09 Å². The average molecular weight is 483 g/mol. The van der Waals surface area contributed by atoms with Crippen LogP contribution in [0.2, 0.25) is 0 Å². The zero-order valence-electron chi connectivity index (χ0n) is 17.9. The SMILES string of the molecule is COc1cc(NC(=O)C(CC(C)C)N(C(=O)O)C(C)(C)C)c(-c2nn[nH]n2)cc1Br. The number of carbonyl (C=O) groups excluding carboxylic acids is 1. The van der Waals surface area contributed by atoms with Crippen molar-refractivity contribution in [3.8, 4) is 17.1 Å². The molecule has 0 radical (unpaired) electrons. The minimum Gasteiger partial charge on any atom is -0.495 e. The third-order valence-electron chi connectivity index (χ3n) is 4.37. The lowest BCUT2D eigenvalue weighted by Crippen LogP contribution is -2.56. The van der Waals surface area contributed by atoms with E-state index in [0.717, 1.165) is 0 Å². The van der Waals surface area contributed by atoms with Crippen LogP contribution in [0.3, 0.4) is 0 Å². The van der Waals surface area contributed by atoms with Crippen LogP contribution in [0.5, 0.6) is 5.75 Å². The average Bonchev–Trinajstić information content (AvgIpc) is 3.14. The maximum absolute atomic E-state index is 13.3. The number of amides is 2. The number of nitrogens with one attached hydrogen (secondary N) is 2. The van der Waals surface area contributed by atoms with Gasteiger partial charge in [-0.15, -0.1) is 10.2 Å². The summed E-state index contributed by atoms with van der Waals surface area (Å²) in [5.41, 5.74) is 0.122. The molecule has 164 valence electrons. The number of halogens is 1. The number of anilines is 1. The highest BCUT2D eigenvalue weighted by Crippen LogP contribution is 2.36. The fraction of sp³-hybridized carbons (Fsp3) is 0.526. The lowest BCUT2D eigenvalue weighted by molar-refractivity contribution is -0.123. The molecule has 0 bridgehead atoms. The van der Waals surface area contributed by atoms with E-state index in [1.54, 1.807) is 32.9 Å². The van der Waals surface area contributed by atoms with E-state index in [-0.39, 0.29) is 11.7 Å². The Bertz CT molecular complexity index is 895. The summed E-state index contributed by atoms with van der Waals surface area (Å²) in [6.07, 6.45) is -0.796. The Morgan fingerprint density at radius 3 is 2.47 bits per heavy atom. The molecule has 1 atom stereocenters. The molecule has 0 aliphatic heterocycles.